The van der Waals surface area contributed by atoms with E-state index in [-0.39, 0.29) is 18.9 Å². The first-order chi connectivity index (χ1) is 5.53. The number of hydrogen-bond donors (Lipinski definition) is 1. The zero-order chi connectivity index (χ0) is 9.35. The molecule has 5 heteroatoms. The van der Waals surface area contributed by atoms with E-state index in [1.165, 1.54) is 0 Å². The van der Waals surface area contributed by atoms with Crippen LogP contribution in [0.1, 0.15) is 12.8 Å². The van der Waals surface area contributed by atoms with Crippen LogP contribution in [0, 0.1) is 5.41 Å². The van der Waals surface area contributed by atoms with Crippen LogP contribution >= 0.6 is 0 Å². The van der Waals surface area contributed by atoms with Crippen LogP contribution < -0.4 is 5.73 Å². The second-order valence-electron chi connectivity index (χ2n) is 3.12. The number of carbonyl (C=O) groups excluding carboxylic acids is 1. The summed E-state index contributed by atoms with van der Waals surface area (Å²) in [5, 5.41) is 0. The Morgan fingerprint density at radius 2 is 2.17 bits per heavy atom. The monoisotopic (exact) mass is 179 g/mol. The second-order valence-corrected chi connectivity index (χ2v) is 3.12. The number of nitrogens with two attached hydrogens (primary N) is 1. The molecule has 0 bridgehead atoms. The van der Waals surface area contributed by atoms with Gasteiger partial charge in [-0.15, -0.1) is 0 Å². The molecule has 2 N–H and O–H groups in total. The molecule has 0 heterocycles. The van der Waals surface area contributed by atoms with Crippen molar-refractivity contribution in [3.05, 3.63) is 0 Å². The summed E-state index contributed by atoms with van der Waals surface area (Å²) in [6.07, 6.45) is -2.63. The minimum atomic E-state index is -2.68. The quantitative estimate of drug-likeness (QED) is 0.629. The van der Waals surface area contributed by atoms with E-state index >= 15 is 0 Å². The fourth-order valence-corrected chi connectivity index (χ4v) is 1.51. The number of esters is 1. The van der Waals surface area contributed by atoms with Crippen LogP contribution in [-0.2, 0) is 9.53 Å². The molecule has 0 aliphatic heterocycles. The molecule has 0 aromatic rings. The molecule has 0 spiro atoms. The lowest BCUT2D eigenvalue weighted by Gasteiger charge is -2.42. The summed E-state index contributed by atoms with van der Waals surface area (Å²) in [5.41, 5.74) is 3.73. The van der Waals surface area contributed by atoms with Gasteiger partial charge in [0.2, 0.25) is 0 Å². The first kappa shape index (κ1) is 9.38. The lowest BCUT2D eigenvalue weighted by molar-refractivity contribution is -0.175. The first-order valence-electron chi connectivity index (χ1n) is 3.65. The average molecular weight is 179 g/mol. The van der Waals surface area contributed by atoms with Gasteiger partial charge in [-0.2, -0.15) is 0 Å². The summed E-state index contributed by atoms with van der Waals surface area (Å²) in [6.45, 7) is 0. The van der Waals surface area contributed by atoms with E-state index in [9.17, 15) is 13.6 Å². The third kappa shape index (κ3) is 1.18. The molecule has 0 saturated heterocycles. The minimum absolute atomic E-state index is 0.0251. The number of halogens is 2. The number of ether oxygens (including phenoxy) is 1. The Kier molecular flexibility index (Phi) is 2.32. The number of hydrogen-bond acceptors (Lipinski definition) is 3. The van der Waals surface area contributed by atoms with Crippen LogP contribution in [0.4, 0.5) is 8.78 Å². The highest BCUT2D eigenvalue weighted by Gasteiger charge is 2.56. The highest BCUT2D eigenvalue weighted by molar-refractivity contribution is 5.78. The fraction of sp³-hybridized carbons (Fsp3) is 0.857. The molecule has 1 rings (SSSR count). The summed E-state index contributed by atoms with van der Waals surface area (Å²) in [5.74, 6) is -0.848. The summed E-state index contributed by atoms with van der Waals surface area (Å²) in [4.78, 5) is 10.9. The van der Waals surface area contributed by atoms with Crippen LogP contribution in [0.3, 0.4) is 0 Å². The molecule has 0 atom stereocenters. The van der Waals surface area contributed by atoms with Gasteiger partial charge in [-0.05, 0) is 12.8 Å². The second kappa shape index (κ2) is 2.97. The van der Waals surface area contributed by atoms with Crippen LogP contribution in [0.2, 0.25) is 0 Å². The maximum absolute atomic E-state index is 12.4. The smallest absolute Gasteiger partial charge is 0.317 e. The minimum Gasteiger partial charge on any atom is -0.468 e. The third-order valence-corrected chi connectivity index (χ3v) is 2.26. The maximum atomic E-state index is 12.4. The SMILES string of the molecule is COC(=O)C1(C(F)F)CC(N)C1. The van der Waals surface area contributed by atoms with Crippen LogP contribution in [0.25, 0.3) is 0 Å². The highest BCUT2D eigenvalue weighted by atomic mass is 19.3. The van der Waals surface area contributed by atoms with Crippen molar-refractivity contribution in [1.82, 2.24) is 0 Å². The van der Waals surface area contributed by atoms with Gasteiger partial charge >= 0.3 is 5.97 Å². The summed E-state index contributed by atoms with van der Waals surface area (Å²) in [6, 6.07) is -0.293. The first-order valence-corrected chi connectivity index (χ1v) is 3.65. The lowest BCUT2D eigenvalue weighted by Crippen LogP contribution is -2.55. The van der Waals surface area contributed by atoms with E-state index in [0.717, 1.165) is 7.11 Å². The predicted molar refractivity (Wildman–Crippen MR) is 37.7 cm³/mol. The van der Waals surface area contributed by atoms with Crippen molar-refractivity contribution >= 4 is 5.97 Å². The van der Waals surface area contributed by atoms with Crippen molar-refractivity contribution in [1.29, 1.82) is 0 Å². The molecule has 70 valence electrons. The zero-order valence-corrected chi connectivity index (χ0v) is 6.72. The molecule has 0 amide bonds. The van der Waals surface area contributed by atoms with E-state index in [0.29, 0.717) is 0 Å². The van der Waals surface area contributed by atoms with Gasteiger partial charge in [0.15, 0.2) is 0 Å². The average Bonchev–Trinajstić information content (AvgIpc) is 1.96. The molecule has 0 aromatic heterocycles. The van der Waals surface area contributed by atoms with Gasteiger partial charge in [0.1, 0.15) is 5.41 Å². The van der Waals surface area contributed by atoms with Crippen molar-refractivity contribution in [2.24, 2.45) is 11.1 Å². The van der Waals surface area contributed by atoms with Crippen molar-refractivity contribution in [2.45, 2.75) is 25.3 Å². The Hall–Kier alpha value is -0.710. The van der Waals surface area contributed by atoms with Gasteiger partial charge in [0.25, 0.3) is 6.43 Å². The Morgan fingerprint density at radius 3 is 2.42 bits per heavy atom. The van der Waals surface area contributed by atoms with E-state index in [1.54, 1.807) is 0 Å². The summed E-state index contributed by atoms with van der Waals surface area (Å²) < 4.78 is 29.1. The summed E-state index contributed by atoms with van der Waals surface area (Å²) in [7, 11) is 1.11. The third-order valence-electron chi connectivity index (χ3n) is 2.26. The molecule has 12 heavy (non-hydrogen) atoms. The molecule has 0 radical (unpaired) electrons. The Morgan fingerprint density at radius 1 is 1.67 bits per heavy atom. The van der Waals surface area contributed by atoms with Crippen LogP contribution in [0.15, 0.2) is 0 Å². The van der Waals surface area contributed by atoms with Gasteiger partial charge in [0, 0.05) is 6.04 Å². The molecular weight excluding hydrogens is 168 g/mol. The highest BCUT2D eigenvalue weighted by Crippen LogP contribution is 2.46. The Balaban J connectivity index is 2.69. The predicted octanol–water partition coefficient (Wildman–Crippen LogP) is 0.532. The Bertz CT molecular complexity index is 190. The zero-order valence-electron chi connectivity index (χ0n) is 6.72. The van der Waals surface area contributed by atoms with Gasteiger partial charge in [-0.25, -0.2) is 8.78 Å². The van der Waals surface area contributed by atoms with E-state index < -0.39 is 17.8 Å². The van der Waals surface area contributed by atoms with Gasteiger partial charge in [-0.1, -0.05) is 0 Å². The normalized spacial score (nSPS) is 34.6. The van der Waals surface area contributed by atoms with Crippen molar-refractivity contribution < 1.29 is 18.3 Å². The fourth-order valence-electron chi connectivity index (χ4n) is 1.51. The standard InChI is InChI=1S/C7H11F2NO2/c1-12-6(11)7(5(8)9)2-4(10)3-7/h4-5H,2-3,10H2,1H3. The van der Waals surface area contributed by atoms with Gasteiger partial charge < -0.3 is 10.5 Å². The van der Waals surface area contributed by atoms with E-state index in [2.05, 4.69) is 4.74 Å². The van der Waals surface area contributed by atoms with Crippen LogP contribution in [-0.4, -0.2) is 25.5 Å². The van der Waals surface area contributed by atoms with E-state index in [1.807, 2.05) is 0 Å². The van der Waals surface area contributed by atoms with Crippen molar-refractivity contribution in [3.63, 3.8) is 0 Å². The molecular formula is C7H11F2NO2. The molecule has 1 aliphatic rings. The number of methoxy groups -OCH3 is 1. The molecule has 0 aromatic carbocycles. The topological polar surface area (TPSA) is 52.3 Å². The molecule has 3 nitrogen and oxygen atoms in total. The van der Waals surface area contributed by atoms with Gasteiger partial charge in [0.05, 0.1) is 7.11 Å². The number of alkyl halides is 2. The van der Waals surface area contributed by atoms with Crippen LogP contribution in [0.5, 0.6) is 0 Å². The largest absolute Gasteiger partial charge is 0.468 e. The Labute approximate surface area is 68.9 Å². The molecule has 1 fully saturated rings. The maximum Gasteiger partial charge on any atom is 0.317 e. The molecule has 0 unspecified atom stereocenters. The number of rotatable bonds is 2. The lowest BCUT2D eigenvalue weighted by atomic mass is 9.66. The van der Waals surface area contributed by atoms with Gasteiger partial charge in [-0.3, -0.25) is 4.79 Å². The molecule has 1 saturated carbocycles. The number of carbonyl (C=O) groups is 1. The van der Waals surface area contributed by atoms with Crippen molar-refractivity contribution in [2.75, 3.05) is 7.11 Å². The summed E-state index contributed by atoms with van der Waals surface area (Å²) >= 11 is 0. The van der Waals surface area contributed by atoms with Crippen molar-refractivity contribution in [3.8, 4) is 0 Å². The molecule has 1 aliphatic carbocycles. The van der Waals surface area contributed by atoms with E-state index in [4.69, 9.17) is 5.73 Å².